The summed E-state index contributed by atoms with van der Waals surface area (Å²) in [5, 5.41) is 0. The molecule has 1 saturated carbocycles. The second kappa shape index (κ2) is 5.80. The molecule has 3 heteroatoms. The van der Waals surface area contributed by atoms with Crippen molar-refractivity contribution in [2.75, 3.05) is 0 Å². The maximum Gasteiger partial charge on any atom is 0.0951 e. The first-order valence-electron chi connectivity index (χ1n) is 7.61. The van der Waals surface area contributed by atoms with Crippen LogP contribution in [0, 0.1) is 5.92 Å². The molecule has 2 N–H and O–H groups in total. The zero-order valence-corrected chi connectivity index (χ0v) is 12.1. The van der Waals surface area contributed by atoms with Crippen molar-refractivity contribution in [3.05, 3.63) is 54.1 Å². The molecular weight excluding hydrogens is 246 g/mol. The Balaban J connectivity index is 1.84. The highest BCUT2D eigenvalue weighted by Gasteiger charge is 2.27. The molecule has 0 bridgehead atoms. The third kappa shape index (κ3) is 2.78. The molecule has 2 aromatic rings. The molecular formula is C17H23N3. The number of rotatable bonds is 6. The summed E-state index contributed by atoms with van der Waals surface area (Å²) in [7, 11) is 0. The van der Waals surface area contributed by atoms with Gasteiger partial charge < -0.3 is 10.3 Å². The largest absolute Gasteiger partial charge is 0.330 e. The molecule has 0 spiro atoms. The Labute approximate surface area is 120 Å². The Kier molecular flexibility index (Phi) is 3.88. The molecule has 2 unspecified atom stereocenters. The van der Waals surface area contributed by atoms with Crippen LogP contribution in [0.15, 0.2) is 42.9 Å². The van der Waals surface area contributed by atoms with Gasteiger partial charge in [0.2, 0.25) is 0 Å². The van der Waals surface area contributed by atoms with Crippen LogP contribution in [-0.4, -0.2) is 9.55 Å². The Morgan fingerprint density at radius 3 is 2.70 bits per heavy atom. The lowest BCUT2D eigenvalue weighted by atomic mass is 10.0. The number of hydrogen-bond donors (Lipinski definition) is 1. The Hall–Kier alpha value is -1.61. The lowest BCUT2D eigenvalue weighted by molar-refractivity contribution is 0.413. The third-order valence-corrected chi connectivity index (χ3v) is 4.34. The van der Waals surface area contributed by atoms with Crippen LogP contribution >= 0.6 is 0 Å². The number of benzene rings is 1. The minimum absolute atomic E-state index is 0.0908. The number of nitrogens with two attached hydrogens (primary N) is 1. The van der Waals surface area contributed by atoms with Crippen molar-refractivity contribution in [2.24, 2.45) is 11.7 Å². The molecule has 1 aliphatic rings. The molecule has 0 aliphatic heterocycles. The van der Waals surface area contributed by atoms with E-state index in [1.54, 1.807) is 0 Å². The van der Waals surface area contributed by atoms with Crippen molar-refractivity contribution in [1.82, 2.24) is 9.55 Å². The van der Waals surface area contributed by atoms with Gasteiger partial charge in [-0.25, -0.2) is 4.98 Å². The van der Waals surface area contributed by atoms with Crippen molar-refractivity contribution in [3.8, 4) is 0 Å². The summed E-state index contributed by atoms with van der Waals surface area (Å²) in [6, 6.07) is 10.7. The Morgan fingerprint density at radius 2 is 2.05 bits per heavy atom. The first-order valence-corrected chi connectivity index (χ1v) is 7.61. The molecule has 20 heavy (non-hydrogen) atoms. The van der Waals surface area contributed by atoms with E-state index in [9.17, 15) is 0 Å². The van der Waals surface area contributed by atoms with Crippen LogP contribution in [0.25, 0.3) is 0 Å². The number of hydrogen-bond acceptors (Lipinski definition) is 2. The fourth-order valence-corrected chi connectivity index (χ4v) is 2.91. The summed E-state index contributed by atoms with van der Waals surface area (Å²) in [6.45, 7) is 2.25. The van der Waals surface area contributed by atoms with Crippen LogP contribution in [0.3, 0.4) is 0 Å². The molecule has 1 fully saturated rings. The van der Waals surface area contributed by atoms with Gasteiger partial charge in [0.15, 0.2) is 0 Å². The highest BCUT2D eigenvalue weighted by Crippen LogP contribution is 2.38. The van der Waals surface area contributed by atoms with E-state index in [1.165, 1.54) is 19.3 Å². The van der Waals surface area contributed by atoms with E-state index in [1.807, 2.05) is 30.7 Å². The van der Waals surface area contributed by atoms with Crippen molar-refractivity contribution in [2.45, 2.75) is 44.7 Å². The van der Waals surface area contributed by atoms with Gasteiger partial charge in [-0.3, -0.25) is 0 Å². The van der Waals surface area contributed by atoms with E-state index >= 15 is 0 Å². The molecule has 1 aromatic heterocycles. The lowest BCUT2D eigenvalue weighted by Gasteiger charge is -2.22. The van der Waals surface area contributed by atoms with Crippen LogP contribution in [-0.2, 0) is 0 Å². The first-order chi connectivity index (χ1) is 9.79. The van der Waals surface area contributed by atoms with E-state index < -0.39 is 0 Å². The van der Waals surface area contributed by atoms with E-state index in [2.05, 4.69) is 28.6 Å². The number of nitrogens with zero attached hydrogens (tertiary/aromatic N) is 2. The highest BCUT2D eigenvalue weighted by atomic mass is 15.1. The molecule has 0 amide bonds. The summed E-state index contributed by atoms with van der Waals surface area (Å²) in [5.41, 5.74) is 8.72. The van der Waals surface area contributed by atoms with E-state index in [-0.39, 0.29) is 6.04 Å². The van der Waals surface area contributed by atoms with Crippen molar-refractivity contribution in [1.29, 1.82) is 0 Å². The molecule has 3 rings (SSSR count). The average Bonchev–Trinajstić information content (AvgIpc) is 3.19. The normalized spacial score (nSPS) is 17.9. The minimum Gasteiger partial charge on any atom is -0.330 e. The standard InChI is InChI=1S/C17H23N3/c1-2-15(10-13-8-9-13)20-12-19-11-16(20)17(18)14-6-4-3-5-7-14/h3-7,11-13,15,17H,2,8-10,18H2,1H3. The third-order valence-electron chi connectivity index (χ3n) is 4.34. The van der Waals surface area contributed by atoms with Gasteiger partial charge in [-0.15, -0.1) is 0 Å². The molecule has 2 atom stereocenters. The minimum atomic E-state index is -0.0908. The lowest BCUT2D eigenvalue weighted by Crippen LogP contribution is -2.19. The quantitative estimate of drug-likeness (QED) is 0.869. The Morgan fingerprint density at radius 1 is 1.30 bits per heavy atom. The second-order valence-electron chi connectivity index (χ2n) is 5.86. The SMILES string of the molecule is CCC(CC1CC1)n1cncc1C(N)c1ccccc1. The van der Waals surface area contributed by atoms with Crippen LogP contribution in [0.2, 0.25) is 0 Å². The summed E-state index contributed by atoms with van der Waals surface area (Å²) < 4.78 is 2.30. The fourth-order valence-electron chi connectivity index (χ4n) is 2.91. The molecule has 1 aromatic carbocycles. The van der Waals surface area contributed by atoms with Gasteiger partial charge >= 0.3 is 0 Å². The maximum atomic E-state index is 6.44. The highest BCUT2D eigenvalue weighted by molar-refractivity contribution is 5.26. The van der Waals surface area contributed by atoms with Gasteiger partial charge in [0, 0.05) is 6.04 Å². The van der Waals surface area contributed by atoms with Crippen molar-refractivity contribution < 1.29 is 0 Å². The van der Waals surface area contributed by atoms with Gasteiger partial charge in [0.05, 0.1) is 24.3 Å². The predicted molar refractivity (Wildman–Crippen MR) is 81.4 cm³/mol. The maximum absolute atomic E-state index is 6.44. The second-order valence-corrected chi connectivity index (χ2v) is 5.86. The zero-order chi connectivity index (χ0) is 13.9. The van der Waals surface area contributed by atoms with E-state index in [4.69, 9.17) is 5.73 Å². The average molecular weight is 269 g/mol. The summed E-state index contributed by atoms with van der Waals surface area (Å²) in [6.07, 6.45) is 9.07. The monoisotopic (exact) mass is 269 g/mol. The van der Waals surface area contributed by atoms with Crippen molar-refractivity contribution >= 4 is 0 Å². The van der Waals surface area contributed by atoms with Gasteiger partial charge in [0.1, 0.15) is 0 Å². The van der Waals surface area contributed by atoms with Crippen LogP contribution in [0.5, 0.6) is 0 Å². The summed E-state index contributed by atoms with van der Waals surface area (Å²) in [4.78, 5) is 4.35. The number of imidazole rings is 1. The molecule has 1 heterocycles. The van der Waals surface area contributed by atoms with E-state index in [0.717, 1.165) is 23.6 Å². The van der Waals surface area contributed by atoms with E-state index in [0.29, 0.717) is 6.04 Å². The van der Waals surface area contributed by atoms with Crippen LogP contribution < -0.4 is 5.73 Å². The Bertz CT molecular complexity index is 542. The molecule has 1 aliphatic carbocycles. The summed E-state index contributed by atoms with van der Waals surface area (Å²) >= 11 is 0. The van der Waals surface area contributed by atoms with Crippen molar-refractivity contribution in [3.63, 3.8) is 0 Å². The number of aromatic nitrogens is 2. The van der Waals surface area contributed by atoms with Gasteiger partial charge in [0.25, 0.3) is 0 Å². The first kappa shape index (κ1) is 13.4. The fraction of sp³-hybridized carbons (Fsp3) is 0.471. The van der Waals surface area contributed by atoms with Gasteiger partial charge in [-0.2, -0.15) is 0 Å². The molecule has 0 radical (unpaired) electrons. The summed E-state index contributed by atoms with van der Waals surface area (Å²) in [5.74, 6) is 0.920. The smallest absolute Gasteiger partial charge is 0.0951 e. The van der Waals surface area contributed by atoms with Gasteiger partial charge in [-0.05, 0) is 24.3 Å². The topological polar surface area (TPSA) is 43.8 Å². The predicted octanol–water partition coefficient (Wildman–Crippen LogP) is 3.68. The molecule has 3 nitrogen and oxygen atoms in total. The van der Waals surface area contributed by atoms with Crippen LogP contribution in [0.1, 0.15) is 55.9 Å². The van der Waals surface area contributed by atoms with Crippen LogP contribution in [0.4, 0.5) is 0 Å². The van der Waals surface area contributed by atoms with Gasteiger partial charge in [-0.1, -0.05) is 50.1 Å². The molecule has 0 saturated heterocycles. The zero-order valence-electron chi connectivity index (χ0n) is 12.1. The molecule has 106 valence electrons.